The van der Waals surface area contributed by atoms with Gasteiger partial charge in [0.1, 0.15) is 0 Å². The van der Waals surface area contributed by atoms with E-state index in [0.29, 0.717) is 0 Å². The maximum absolute atomic E-state index is 5.82. The Morgan fingerprint density at radius 1 is 1.00 bits per heavy atom. The lowest BCUT2D eigenvalue weighted by molar-refractivity contribution is 1.38. The van der Waals surface area contributed by atoms with Crippen molar-refractivity contribution in [2.24, 2.45) is 0 Å². The molecule has 75 valence electrons. The first-order valence-corrected chi connectivity index (χ1v) is 6.04. The van der Waals surface area contributed by atoms with Crippen LogP contribution in [0.25, 0.3) is 0 Å². The SMILES string of the molecule is Clc1ccc(SCc2cc[c]cc2)cc1. The summed E-state index contributed by atoms with van der Waals surface area (Å²) >= 11 is 7.63. The standard InChI is InChI=1S/C13H10ClS/c14-12-6-8-13(9-7-12)15-10-11-4-2-1-3-5-11/h2-9H,10H2. The summed E-state index contributed by atoms with van der Waals surface area (Å²) in [6, 6.07) is 19.0. The number of halogens is 1. The number of hydrogen-bond acceptors (Lipinski definition) is 1. The summed E-state index contributed by atoms with van der Waals surface area (Å²) in [5.74, 6) is 0.982. The predicted molar refractivity (Wildman–Crippen MR) is 66.3 cm³/mol. The predicted octanol–water partition coefficient (Wildman–Crippen LogP) is 4.43. The third-order valence-electron chi connectivity index (χ3n) is 2.01. The minimum absolute atomic E-state index is 0.786. The first kappa shape index (κ1) is 10.6. The quantitative estimate of drug-likeness (QED) is 0.707. The summed E-state index contributed by atoms with van der Waals surface area (Å²) in [4.78, 5) is 1.24. The summed E-state index contributed by atoms with van der Waals surface area (Å²) < 4.78 is 0. The van der Waals surface area contributed by atoms with Crippen LogP contribution in [0.4, 0.5) is 0 Å². The molecule has 0 saturated heterocycles. The first-order chi connectivity index (χ1) is 7.34. The molecular weight excluding hydrogens is 224 g/mol. The number of hydrogen-bond donors (Lipinski definition) is 0. The normalized spacial score (nSPS) is 10.2. The van der Waals surface area contributed by atoms with Crippen molar-refractivity contribution in [3.05, 3.63) is 65.2 Å². The molecule has 0 bridgehead atoms. The molecule has 0 atom stereocenters. The fraction of sp³-hybridized carbons (Fsp3) is 0.0769. The highest BCUT2D eigenvalue weighted by atomic mass is 35.5. The molecule has 0 fully saturated rings. The minimum atomic E-state index is 0.786. The van der Waals surface area contributed by atoms with Crippen LogP contribution in [0.5, 0.6) is 0 Å². The van der Waals surface area contributed by atoms with Crippen LogP contribution in [0.1, 0.15) is 5.56 Å². The molecule has 2 aromatic rings. The van der Waals surface area contributed by atoms with E-state index < -0.39 is 0 Å². The lowest BCUT2D eigenvalue weighted by Gasteiger charge is -2.01. The van der Waals surface area contributed by atoms with Crippen LogP contribution in [-0.2, 0) is 5.75 Å². The van der Waals surface area contributed by atoms with Crippen LogP contribution in [0, 0.1) is 6.07 Å². The van der Waals surface area contributed by atoms with E-state index >= 15 is 0 Å². The Labute approximate surface area is 99.3 Å². The lowest BCUT2D eigenvalue weighted by Crippen LogP contribution is -1.78. The highest BCUT2D eigenvalue weighted by Crippen LogP contribution is 2.23. The van der Waals surface area contributed by atoms with Crippen molar-refractivity contribution in [3.63, 3.8) is 0 Å². The molecule has 0 N–H and O–H groups in total. The van der Waals surface area contributed by atoms with Crippen LogP contribution in [-0.4, -0.2) is 0 Å². The maximum Gasteiger partial charge on any atom is 0.0406 e. The zero-order chi connectivity index (χ0) is 10.5. The van der Waals surface area contributed by atoms with Gasteiger partial charge in [0.05, 0.1) is 0 Å². The van der Waals surface area contributed by atoms with E-state index in [1.807, 2.05) is 48.2 Å². The van der Waals surface area contributed by atoms with Gasteiger partial charge in [-0.25, -0.2) is 0 Å². The molecule has 2 rings (SSSR count). The molecule has 0 nitrogen and oxygen atoms in total. The average Bonchev–Trinajstić information content (AvgIpc) is 2.30. The smallest absolute Gasteiger partial charge is 0.0406 e. The summed E-state index contributed by atoms with van der Waals surface area (Å²) in [7, 11) is 0. The van der Waals surface area contributed by atoms with E-state index in [1.54, 1.807) is 0 Å². The summed E-state index contributed by atoms with van der Waals surface area (Å²) in [5.41, 5.74) is 1.31. The van der Waals surface area contributed by atoms with E-state index in [1.165, 1.54) is 10.5 Å². The van der Waals surface area contributed by atoms with E-state index in [2.05, 4.69) is 18.2 Å². The van der Waals surface area contributed by atoms with Crippen molar-refractivity contribution in [2.45, 2.75) is 10.6 Å². The van der Waals surface area contributed by atoms with Crippen LogP contribution >= 0.6 is 23.4 Å². The fourth-order valence-corrected chi connectivity index (χ4v) is 2.20. The summed E-state index contributed by atoms with van der Waals surface area (Å²) in [5, 5.41) is 0.786. The Bertz CT molecular complexity index is 408. The minimum Gasteiger partial charge on any atom is -0.121 e. The zero-order valence-electron chi connectivity index (χ0n) is 8.11. The molecule has 0 unspecified atom stereocenters. The van der Waals surface area contributed by atoms with Gasteiger partial charge in [0, 0.05) is 15.7 Å². The molecule has 0 aliphatic heterocycles. The second-order valence-corrected chi connectivity index (χ2v) is 4.64. The maximum atomic E-state index is 5.82. The van der Waals surface area contributed by atoms with Gasteiger partial charge < -0.3 is 0 Å². The zero-order valence-corrected chi connectivity index (χ0v) is 9.68. The number of thioether (sulfide) groups is 1. The molecule has 0 aromatic heterocycles. The molecule has 1 radical (unpaired) electrons. The van der Waals surface area contributed by atoms with Crippen LogP contribution in [0.2, 0.25) is 5.02 Å². The van der Waals surface area contributed by atoms with Gasteiger partial charge in [-0.3, -0.25) is 0 Å². The molecule has 0 saturated carbocycles. The van der Waals surface area contributed by atoms with Crippen molar-refractivity contribution in [2.75, 3.05) is 0 Å². The molecule has 15 heavy (non-hydrogen) atoms. The van der Waals surface area contributed by atoms with Gasteiger partial charge >= 0.3 is 0 Å². The van der Waals surface area contributed by atoms with E-state index in [4.69, 9.17) is 11.6 Å². The van der Waals surface area contributed by atoms with Crippen molar-refractivity contribution in [1.29, 1.82) is 0 Å². The second kappa shape index (κ2) is 5.24. The molecule has 2 aromatic carbocycles. The first-order valence-electron chi connectivity index (χ1n) is 4.68. The fourth-order valence-electron chi connectivity index (χ4n) is 1.22. The van der Waals surface area contributed by atoms with Crippen molar-refractivity contribution >= 4 is 23.4 Å². The Morgan fingerprint density at radius 2 is 1.67 bits per heavy atom. The van der Waals surface area contributed by atoms with Crippen molar-refractivity contribution in [3.8, 4) is 0 Å². The molecule has 0 amide bonds. The van der Waals surface area contributed by atoms with Gasteiger partial charge in [-0.1, -0.05) is 35.9 Å². The van der Waals surface area contributed by atoms with Gasteiger partial charge in [-0.2, -0.15) is 0 Å². The third kappa shape index (κ3) is 3.29. The highest BCUT2D eigenvalue weighted by molar-refractivity contribution is 7.98. The van der Waals surface area contributed by atoms with Crippen LogP contribution in [0.15, 0.2) is 53.4 Å². The van der Waals surface area contributed by atoms with Crippen molar-refractivity contribution in [1.82, 2.24) is 0 Å². The Balaban J connectivity index is 1.96. The van der Waals surface area contributed by atoms with E-state index in [-0.39, 0.29) is 0 Å². The Morgan fingerprint density at radius 3 is 2.33 bits per heavy atom. The van der Waals surface area contributed by atoms with Crippen LogP contribution < -0.4 is 0 Å². The van der Waals surface area contributed by atoms with Gasteiger partial charge in [0.25, 0.3) is 0 Å². The number of benzene rings is 2. The van der Waals surface area contributed by atoms with Gasteiger partial charge in [-0.15, -0.1) is 11.8 Å². The largest absolute Gasteiger partial charge is 0.121 e. The molecule has 2 heteroatoms. The molecule has 0 aliphatic rings. The van der Waals surface area contributed by atoms with Crippen molar-refractivity contribution < 1.29 is 0 Å². The van der Waals surface area contributed by atoms with Gasteiger partial charge in [0.2, 0.25) is 0 Å². The van der Waals surface area contributed by atoms with E-state index in [0.717, 1.165) is 10.8 Å². The lowest BCUT2D eigenvalue weighted by atomic mass is 10.2. The highest BCUT2D eigenvalue weighted by Gasteiger charge is 1.95. The molecule has 0 spiro atoms. The number of rotatable bonds is 3. The summed E-state index contributed by atoms with van der Waals surface area (Å²) in [6.45, 7) is 0. The average molecular weight is 234 g/mol. The topological polar surface area (TPSA) is 0 Å². The summed E-state index contributed by atoms with van der Waals surface area (Å²) in [6.07, 6.45) is 0. The van der Waals surface area contributed by atoms with Gasteiger partial charge in [0.15, 0.2) is 0 Å². The van der Waals surface area contributed by atoms with E-state index in [9.17, 15) is 0 Å². The Kier molecular flexibility index (Phi) is 3.70. The second-order valence-electron chi connectivity index (χ2n) is 3.15. The molecule has 0 aliphatic carbocycles. The molecular formula is C13H10ClS. The molecule has 0 heterocycles. The Hall–Kier alpha value is -0.920. The third-order valence-corrected chi connectivity index (χ3v) is 3.34. The van der Waals surface area contributed by atoms with Gasteiger partial charge in [-0.05, 0) is 35.9 Å². The van der Waals surface area contributed by atoms with Crippen LogP contribution in [0.3, 0.4) is 0 Å². The monoisotopic (exact) mass is 233 g/mol.